The Morgan fingerprint density at radius 1 is 1.28 bits per heavy atom. The molecule has 25 heavy (non-hydrogen) atoms. The second-order valence-electron chi connectivity index (χ2n) is 4.90. The van der Waals surface area contributed by atoms with E-state index in [9.17, 15) is 4.79 Å². The van der Waals surface area contributed by atoms with Crippen molar-refractivity contribution in [3.8, 4) is 11.5 Å². The van der Waals surface area contributed by atoms with Crippen LogP contribution in [0.3, 0.4) is 0 Å². The number of ether oxygens (including phenoxy) is 3. The van der Waals surface area contributed by atoms with Gasteiger partial charge in [-0.25, -0.2) is 4.79 Å². The molecule has 0 atom stereocenters. The molecule has 0 radical (unpaired) electrons. The molecule has 0 fully saturated rings. The molecule has 0 aliphatic rings. The van der Waals surface area contributed by atoms with Crippen LogP contribution in [0.15, 0.2) is 43.0 Å². The van der Waals surface area contributed by atoms with E-state index in [4.69, 9.17) is 37.4 Å². The number of benzene rings is 2. The zero-order valence-electron chi connectivity index (χ0n) is 13.4. The Hall–Kier alpha value is -1.44. The standard InChI is InChI=1S/C18H15Cl2IO4/c1-3-6-24-18(22)12-7-15(21)17(16(8-12)23-2)25-10-11-4-5-13(19)9-14(11)20/h3-5,7-9H,1,6,10H2,2H3. The average Bonchev–Trinajstić information content (AvgIpc) is 2.59. The van der Waals surface area contributed by atoms with Gasteiger partial charge in [0.15, 0.2) is 11.5 Å². The lowest BCUT2D eigenvalue weighted by molar-refractivity contribution is 0.0549. The topological polar surface area (TPSA) is 44.8 Å². The van der Waals surface area contributed by atoms with Crippen molar-refractivity contribution in [2.45, 2.75) is 6.61 Å². The smallest absolute Gasteiger partial charge is 0.338 e. The third-order valence-electron chi connectivity index (χ3n) is 3.18. The van der Waals surface area contributed by atoms with E-state index < -0.39 is 5.97 Å². The van der Waals surface area contributed by atoms with Gasteiger partial charge >= 0.3 is 5.97 Å². The predicted molar refractivity (Wildman–Crippen MR) is 107 cm³/mol. The lowest BCUT2D eigenvalue weighted by Crippen LogP contribution is -2.07. The first-order chi connectivity index (χ1) is 12.0. The molecule has 0 spiro atoms. The SMILES string of the molecule is C=CCOC(=O)c1cc(I)c(OCc2ccc(Cl)cc2Cl)c(OC)c1. The lowest BCUT2D eigenvalue weighted by atomic mass is 10.2. The number of hydrogen-bond acceptors (Lipinski definition) is 4. The minimum absolute atomic E-state index is 0.144. The number of rotatable bonds is 7. The van der Waals surface area contributed by atoms with Crippen molar-refractivity contribution >= 4 is 51.8 Å². The molecule has 132 valence electrons. The largest absolute Gasteiger partial charge is 0.493 e. The first-order valence-corrected chi connectivity index (χ1v) is 9.02. The molecule has 0 aromatic heterocycles. The van der Waals surface area contributed by atoms with E-state index in [0.717, 1.165) is 5.56 Å². The number of hydrogen-bond donors (Lipinski definition) is 0. The fourth-order valence-corrected chi connectivity index (χ4v) is 3.20. The van der Waals surface area contributed by atoms with Crippen molar-refractivity contribution in [3.63, 3.8) is 0 Å². The fourth-order valence-electron chi connectivity index (χ4n) is 1.98. The normalized spacial score (nSPS) is 10.2. The van der Waals surface area contributed by atoms with Crippen LogP contribution in [-0.2, 0) is 11.3 Å². The van der Waals surface area contributed by atoms with Gasteiger partial charge < -0.3 is 14.2 Å². The van der Waals surface area contributed by atoms with Crippen LogP contribution >= 0.6 is 45.8 Å². The third kappa shape index (κ3) is 5.26. The molecule has 2 aromatic carbocycles. The monoisotopic (exact) mass is 492 g/mol. The van der Waals surface area contributed by atoms with Crippen LogP contribution in [-0.4, -0.2) is 19.7 Å². The summed E-state index contributed by atoms with van der Waals surface area (Å²) >= 11 is 14.1. The molecule has 7 heteroatoms. The Morgan fingerprint density at radius 3 is 2.68 bits per heavy atom. The molecule has 0 saturated heterocycles. The van der Waals surface area contributed by atoms with E-state index in [-0.39, 0.29) is 13.2 Å². The van der Waals surface area contributed by atoms with Crippen LogP contribution in [0.2, 0.25) is 10.0 Å². The van der Waals surface area contributed by atoms with Gasteiger partial charge in [0.2, 0.25) is 0 Å². The Kier molecular flexibility index (Phi) is 7.40. The maximum absolute atomic E-state index is 12.0. The van der Waals surface area contributed by atoms with Gasteiger partial charge in [0.1, 0.15) is 13.2 Å². The second-order valence-corrected chi connectivity index (χ2v) is 6.91. The van der Waals surface area contributed by atoms with Crippen molar-refractivity contribution in [1.29, 1.82) is 0 Å². The number of carbonyl (C=O) groups excluding carboxylic acids is 1. The van der Waals surface area contributed by atoms with Crippen LogP contribution < -0.4 is 9.47 Å². The number of methoxy groups -OCH3 is 1. The fraction of sp³-hybridized carbons (Fsp3) is 0.167. The Balaban J connectivity index is 2.22. The summed E-state index contributed by atoms with van der Waals surface area (Å²) in [6.45, 7) is 3.90. The van der Waals surface area contributed by atoms with Gasteiger partial charge in [0.05, 0.1) is 16.2 Å². The Labute approximate surface area is 169 Å². The van der Waals surface area contributed by atoms with Gasteiger partial charge in [-0.05, 0) is 46.9 Å². The summed E-state index contributed by atoms with van der Waals surface area (Å²) in [5.74, 6) is 0.500. The summed E-state index contributed by atoms with van der Waals surface area (Å²) < 4.78 is 17.0. The Bertz CT molecular complexity index is 793. The zero-order valence-corrected chi connectivity index (χ0v) is 17.0. The number of halogens is 3. The van der Waals surface area contributed by atoms with Crippen molar-refractivity contribution < 1.29 is 19.0 Å². The van der Waals surface area contributed by atoms with Gasteiger partial charge in [0, 0.05) is 15.6 Å². The number of esters is 1. The molecule has 2 aromatic rings. The van der Waals surface area contributed by atoms with Crippen molar-refractivity contribution in [2.24, 2.45) is 0 Å². The van der Waals surface area contributed by atoms with Crippen LogP contribution in [0.4, 0.5) is 0 Å². The summed E-state index contributed by atoms with van der Waals surface area (Å²) in [5, 5.41) is 1.08. The van der Waals surface area contributed by atoms with E-state index in [1.807, 2.05) is 0 Å². The van der Waals surface area contributed by atoms with E-state index in [0.29, 0.717) is 30.7 Å². The van der Waals surface area contributed by atoms with Crippen molar-refractivity contribution in [2.75, 3.05) is 13.7 Å². The maximum Gasteiger partial charge on any atom is 0.338 e. The molecule has 0 aliphatic carbocycles. The predicted octanol–water partition coefficient (Wildman–Crippen LogP) is 5.53. The molecular weight excluding hydrogens is 478 g/mol. The summed E-state index contributed by atoms with van der Waals surface area (Å²) in [5.41, 5.74) is 1.17. The molecule has 0 N–H and O–H groups in total. The molecule has 0 unspecified atom stereocenters. The molecule has 4 nitrogen and oxygen atoms in total. The van der Waals surface area contributed by atoms with Gasteiger partial charge in [-0.1, -0.05) is 41.9 Å². The zero-order chi connectivity index (χ0) is 18.4. The van der Waals surface area contributed by atoms with Crippen LogP contribution in [0.25, 0.3) is 0 Å². The molecule has 2 rings (SSSR count). The minimum atomic E-state index is -0.455. The Morgan fingerprint density at radius 2 is 2.04 bits per heavy atom. The first kappa shape index (κ1) is 19.9. The van der Waals surface area contributed by atoms with Gasteiger partial charge in [-0.3, -0.25) is 0 Å². The van der Waals surface area contributed by atoms with E-state index in [1.165, 1.54) is 13.2 Å². The molecule has 0 amide bonds. The van der Waals surface area contributed by atoms with Crippen molar-refractivity contribution in [3.05, 3.63) is 67.7 Å². The summed E-state index contributed by atoms with van der Waals surface area (Å²) in [4.78, 5) is 12.0. The highest BCUT2D eigenvalue weighted by molar-refractivity contribution is 14.1. The van der Waals surface area contributed by atoms with Gasteiger partial charge in [0.25, 0.3) is 0 Å². The first-order valence-electron chi connectivity index (χ1n) is 7.18. The van der Waals surface area contributed by atoms with Gasteiger partial charge in [-0.15, -0.1) is 0 Å². The van der Waals surface area contributed by atoms with E-state index in [1.54, 1.807) is 30.3 Å². The number of carbonyl (C=O) groups is 1. The molecule has 0 saturated carbocycles. The van der Waals surface area contributed by atoms with E-state index in [2.05, 4.69) is 29.2 Å². The lowest BCUT2D eigenvalue weighted by Gasteiger charge is -2.15. The third-order valence-corrected chi connectivity index (χ3v) is 4.57. The van der Waals surface area contributed by atoms with Crippen molar-refractivity contribution in [1.82, 2.24) is 0 Å². The van der Waals surface area contributed by atoms with Crippen LogP contribution in [0.5, 0.6) is 11.5 Å². The highest BCUT2D eigenvalue weighted by Gasteiger charge is 2.17. The maximum atomic E-state index is 12.0. The second kappa shape index (κ2) is 9.31. The van der Waals surface area contributed by atoms with Crippen LogP contribution in [0.1, 0.15) is 15.9 Å². The average molecular weight is 493 g/mol. The molecular formula is C18H15Cl2IO4. The quantitative estimate of drug-likeness (QED) is 0.289. The summed E-state index contributed by atoms with van der Waals surface area (Å²) in [7, 11) is 1.51. The minimum Gasteiger partial charge on any atom is -0.493 e. The highest BCUT2D eigenvalue weighted by Crippen LogP contribution is 2.35. The summed E-state index contributed by atoms with van der Waals surface area (Å²) in [6, 6.07) is 8.44. The molecule has 0 bridgehead atoms. The van der Waals surface area contributed by atoms with Crippen LogP contribution in [0, 0.1) is 3.57 Å². The highest BCUT2D eigenvalue weighted by atomic mass is 127. The molecule has 0 heterocycles. The molecule has 0 aliphatic heterocycles. The summed E-state index contributed by atoms with van der Waals surface area (Å²) in [6.07, 6.45) is 1.51. The van der Waals surface area contributed by atoms with E-state index >= 15 is 0 Å². The van der Waals surface area contributed by atoms with Gasteiger partial charge in [-0.2, -0.15) is 0 Å².